The highest BCUT2D eigenvalue weighted by molar-refractivity contribution is 9.10. The number of ketones is 1. The number of hydrogen-bond donors (Lipinski definition) is 0. The summed E-state index contributed by atoms with van der Waals surface area (Å²) in [6.45, 7) is 0. The molecule has 0 saturated heterocycles. The third-order valence-electron chi connectivity index (χ3n) is 4.83. The standard InChI is InChI=1S/C22H17BrN2OS2/c23-15-9-7-14(8-10-15)19(26)13-28-22-17(12-24)21(20-6-3-11-27-20)16-4-1-2-5-18(16)25-22/h3,6-11H,1-2,4-5,13H2. The number of halogens is 1. The number of carbonyl (C=O) groups is 1. The Labute approximate surface area is 180 Å². The Morgan fingerprint density at radius 2 is 2.00 bits per heavy atom. The van der Waals surface area contributed by atoms with E-state index in [1.165, 1.54) is 17.3 Å². The van der Waals surface area contributed by atoms with Crippen molar-refractivity contribution >= 4 is 44.8 Å². The van der Waals surface area contributed by atoms with Gasteiger partial charge in [-0.1, -0.05) is 45.9 Å². The van der Waals surface area contributed by atoms with Gasteiger partial charge in [0.25, 0.3) is 0 Å². The number of nitrogens with zero attached hydrogens (tertiary/aromatic N) is 2. The number of rotatable bonds is 5. The highest BCUT2D eigenvalue weighted by Gasteiger charge is 2.24. The molecule has 0 aliphatic heterocycles. The lowest BCUT2D eigenvalue weighted by Gasteiger charge is -2.21. The molecule has 2 heterocycles. The zero-order valence-corrected chi connectivity index (χ0v) is 18.3. The molecule has 6 heteroatoms. The predicted octanol–water partition coefficient (Wildman–Crippen LogP) is 6.30. The summed E-state index contributed by atoms with van der Waals surface area (Å²) in [7, 11) is 0. The smallest absolute Gasteiger partial charge is 0.173 e. The van der Waals surface area contributed by atoms with Crippen LogP contribution in [0, 0.1) is 11.3 Å². The Morgan fingerprint density at radius 3 is 2.71 bits per heavy atom. The van der Waals surface area contributed by atoms with Crippen LogP contribution < -0.4 is 0 Å². The van der Waals surface area contributed by atoms with Crippen molar-refractivity contribution in [2.75, 3.05) is 5.75 Å². The summed E-state index contributed by atoms with van der Waals surface area (Å²) >= 11 is 6.41. The summed E-state index contributed by atoms with van der Waals surface area (Å²) in [5, 5.41) is 12.6. The first-order chi connectivity index (χ1) is 13.7. The SMILES string of the molecule is N#Cc1c(SCC(=O)c2ccc(Br)cc2)nc2c(c1-c1cccs1)CCCC2. The quantitative estimate of drug-likeness (QED) is 0.325. The van der Waals surface area contributed by atoms with Gasteiger partial charge in [-0.3, -0.25) is 4.79 Å². The molecule has 0 fully saturated rings. The molecule has 1 aliphatic carbocycles. The number of Topliss-reactive ketones (excluding diaryl/α,β-unsaturated/α-hetero) is 1. The number of aromatic nitrogens is 1. The number of fused-ring (bicyclic) bond motifs is 1. The van der Waals surface area contributed by atoms with Gasteiger partial charge in [0.05, 0.1) is 11.3 Å². The Kier molecular flexibility index (Phi) is 5.96. The second-order valence-electron chi connectivity index (χ2n) is 6.61. The van der Waals surface area contributed by atoms with E-state index in [9.17, 15) is 10.1 Å². The number of pyridine rings is 1. The first-order valence-corrected chi connectivity index (χ1v) is 11.7. The van der Waals surface area contributed by atoms with Gasteiger partial charge in [0.1, 0.15) is 11.1 Å². The van der Waals surface area contributed by atoms with E-state index in [0.29, 0.717) is 16.2 Å². The summed E-state index contributed by atoms with van der Waals surface area (Å²) in [5.41, 5.74) is 4.62. The molecule has 0 unspecified atom stereocenters. The maximum absolute atomic E-state index is 12.6. The molecular weight excluding hydrogens is 452 g/mol. The van der Waals surface area contributed by atoms with E-state index in [1.54, 1.807) is 11.3 Å². The topological polar surface area (TPSA) is 53.8 Å². The Balaban J connectivity index is 1.69. The second kappa shape index (κ2) is 8.60. The average Bonchev–Trinajstić information content (AvgIpc) is 3.25. The van der Waals surface area contributed by atoms with Crippen LogP contribution in [0.5, 0.6) is 0 Å². The molecule has 0 radical (unpaired) electrons. The molecule has 0 bridgehead atoms. The van der Waals surface area contributed by atoms with Gasteiger partial charge >= 0.3 is 0 Å². The van der Waals surface area contributed by atoms with E-state index in [0.717, 1.165) is 46.3 Å². The molecule has 0 N–H and O–H groups in total. The fraction of sp³-hybridized carbons (Fsp3) is 0.227. The van der Waals surface area contributed by atoms with Gasteiger partial charge in [-0.25, -0.2) is 4.98 Å². The number of nitriles is 1. The van der Waals surface area contributed by atoms with Gasteiger partial charge in [-0.15, -0.1) is 11.3 Å². The molecule has 140 valence electrons. The van der Waals surface area contributed by atoms with Crippen LogP contribution in [0.15, 0.2) is 51.3 Å². The first-order valence-electron chi connectivity index (χ1n) is 9.08. The number of hydrogen-bond acceptors (Lipinski definition) is 5. The highest BCUT2D eigenvalue weighted by Crippen LogP contribution is 2.39. The van der Waals surface area contributed by atoms with E-state index in [1.807, 2.05) is 35.7 Å². The summed E-state index contributed by atoms with van der Waals surface area (Å²) in [5.74, 6) is 0.310. The van der Waals surface area contributed by atoms with Crippen molar-refractivity contribution in [2.45, 2.75) is 30.7 Å². The molecule has 2 aromatic heterocycles. The predicted molar refractivity (Wildman–Crippen MR) is 118 cm³/mol. The number of aryl methyl sites for hydroxylation is 1. The summed E-state index contributed by atoms with van der Waals surface area (Å²) in [6, 6.07) is 13.8. The lowest BCUT2D eigenvalue weighted by atomic mass is 9.89. The molecule has 1 aromatic carbocycles. The number of thiophene rings is 1. The second-order valence-corrected chi connectivity index (χ2v) is 9.43. The van der Waals surface area contributed by atoms with Crippen molar-refractivity contribution < 1.29 is 4.79 Å². The minimum Gasteiger partial charge on any atom is -0.293 e. The van der Waals surface area contributed by atoms with Gasteiger partial charge in [0, 0.05) is 26.2 Å². The van der Waals surface area contributed by atoms with Crippen molar-refractivity contribution in [3.8, 4) is 16.5 Å². The van der Waals surface area contributed by atoms with Crippen molar-refractivity contribution in [3.05, 3.63) is 68.6 Å². The third-order valence-corrected chi connectivity index (χ3v) is 7.22. The van der Waals surface area contributed by atoms with E-state index in [4.69, 9.17) is 4.98 Å². The van der Waals surface area contributed by atoms with Crippen LogP contribution in [-0.2, 0) is 12.8 Å². The van der Waals surface area contributed by atoms with E-state index in [-0.39, 0.29) is 11.5 Å². The van der Waals surface area contributed by atoms with Crippen molar-refractivity contribution in [1.82, 2.24) is 4.98 Å². The molecule has 3 nitrogen and oxygen atoms in total. The zero-order valence-electron chi connectivity index (χ0n) is 15.1. The normalized spacial score (nSPS) is 13.0. The van der Waals surface area contributed by atoms with Crippen molar-refractivity contribution in [1.29, 1.82) is 5.26 Å². The first kappa shape index (κ1) is 19.4. The van der Waals surface area contributed by atoms with E-state index >= 15 is 0 Å². The van der Waals surface area contributed by atoms with E-state index in [2.05, 4.69) is 28.1 Å². The minimum atomic E-state index is 0.0404. The van der Waals surface area contributed by atoms with Crippen LogP contribution in [-0.4, -0.2) is 16.5 Å². The van der Waals surface area contributed by atoms with Gasteiger partial charge in [-0.2, -0.15) is 5.26 Å². The minimum absolute atomic E-state index is 0.0404. The number of carbonyl (C=O) groups excluding carboxylic acids is 1. The van der Waals surface area contributed by atoms with Crippen LogP contribution in [0.25, 0.3) is 10.4 Å². The lowest BCUT2D eigenvalue weighted by Crippen LogP contribution is -2.11. The summed E-state index contributed by atoms with van der Waals surface area (Å²) in [6.07, 6.45) is 4.16. The van der Waals surface area contributed by atoms with Crippen LogP contribution in [0.3, 0.4) is 0 Å². The van der Waals surface area contributed by atoms with Crippen LogP contribution in [0.2, 0.25) is 0 Å². The van der Waals surface area contributed by atoms with Gasteiger partial charge in [0.2, 0.25) is 0 Å². The van der Waals surface area contributed by atoms with Crippen LogP contribution in [0.4, 0.5) is 0 Å². The molecule has 3 aromatic rings. The maximum Gasteiger partial charge on any atom is 0.173 e. The molecule has 1 aliphatic rings. The van der Waals surface area contributed by atoms with Crippen molar-refractivity contribution in [2.24, 2.45) is 0 Å². The fourth-order valence-corrected chi connectivity index (χ4v) is 5.44. The molecule has 28 heavy (non-hydrogen) atoms. The van der Waals surface area contributed by atoms with Gasteiger partial charge in [-0.05, 0) is 54.8 Å². The maximum atomic E-state index is 12.6. The largest absolute Gasteiger partial charge is 0.293 e. The monoisotopic (exact) mass is 468 g/mol. The Bertz CT molecular complexity index is 1050. The number of benzene rings is 1. The highest BCUT2D eigenvalue weighted by atomic mass is 79.9. The lowest BCUT2D eigenvalue weighted by molar-refractivity contribution is 0.102. The van der Waals surface area contributed by atoms with E-state index < -0.39 is 0 Å². The van der Waals surface area contributed by atoms with Gasteiger partial charge < -0.3 is 0 Å². The van der Waals surface area contributed by atoms with Crippen LogP contribution in [0.1, 0.15) is 40.0 Å². The Hall–Kier alpha value is -1.94. The molecule has 0 saturated carbocycles. The van der Waals surface area contributed by atoms with Crippen LogP contribution >= 0.6 is 39.0 Å². The third kappa shape index (κ3) is 3.93. The zero-order chi connectivity index (χ0) is 19.5. The molecule has 0 amide bonds. The average molecular weight is 469 g/mol. The molecule has 0 atom stereocenters. The number of thioether (sulfide) groups is 1. The molecule has 4 rings (SSSR count). The van der Waals surface area contributed by atoms with Gasteiger partial charge in [0.15, 0.2) is 5.78 Å². The van der Waals surface area contributed by atoms with Crippen molar-refractivity contribution in [3.63, 3.8) is 0 Å². The Morgan fingerprint density at radius 1 is 1.21 bits per heavy atom. The fourth-order valence-electron chi connectivity index (χ4n) is 3.47. The molecular formula is C22H17BrN2OS2. The molecule has 0 spiro atoms. The summed E-state index contributed by atoms with van der Waals surface area (Å²) in [4.78, 5) is 18.5. The summed E-state index contributed by atoms with van der Waals surface area (Å²) < 4.78 is 0.945.